The first-order chi connectivity index (χ1) is 7.70. The van der Waals surface area contributed by atoms with E-state index in [2.05, 4.69) is 17.0 Å². The molecule has 1 unspecified atom stereocenters. The van der Waals surface area contributed by atoms with E-state index >= 15 is 0 Å². The van der Waals surface area contributed by atoms with Crippen molar-refractivity contribution in [3.8, 4) is 0 Å². The number of carbonyl (C=O) groups excluding carboxylic acids is 1. The van der Waals surface area contributed by atoms with Crippen molar-refractivity contribution in [2.24, 2.45) is 0 Å². The highest BCUT2D eigenvalue weighted by atomic mass is 16.2. The van der Waals surface area contributed by atoms with Crippen LogP contribution in [-0.2, 0) is 11.3 Å². The van der Waals surface area contributed by atoms with Gasteiger partial charge in [-0.05, 0) is 6.42 Å². The molecule has 0 spiro atoms. The summed E-state index contributed by atoms with van der Waals surface area (Å²) >= 11 is 0. The zero-order valence-corrected chi connectivity index (χ0v) is 9.39. The number of nitrogens with one attached hydrogen (secondary N) is 1. The number of carbonyl (C=O) groups is 1. The maximum Gasteiger partial charge on any atom is 0.239 e. The van der Waals surface area contributed by atoms with Crippen molar-refractivity contribution in [2.45, 2.75) is 19.0 Å². The van der Waals surface area contributed by atoms with Crippen LogP contribution in [0.1, 0.15) is 12.0 Å². The van der Waals surface area contributed by atoms with Crippen LogP contribution >= 0.6 is 0 Å². The third kappa shape index (κ3) is 2.14. The summed E-state index contributed by atoms with van der Waals surface area (Å²) in [7, 11) is 1.83. The van der Waals surface area contributed by atoms with Crippen molar-refractivity contribution in [1.82, 2.24) is 20.0 Å². The zero-order chi connectivity index (χ0) is 11.5. The SMILES string of the molecule is C=Cn1cc(CNC2CCN(C)C2=O)cn1. The number of likely N-dealkylation sites (tertiary alicyclic amines) is 1. The van der Waals surface area contributed by atoms with Crippen LogP contribution in [0.25, 0.3) is 6.20 Å². The van der Waals surface area contributed by atoms with Gasteiger partial charge in [-0.25, -0.2) is 4.68 Å². The maximum absolute atomic E-state index is 11.6. The number of aromatic nitrogens is 2. The second kappa shape index (κ2) is 4.49. The van der Waals surface area contributed by atoms with Gasteiger partial charge in [-0.15, -0.1) is 0 Å². The van der Waals surface area contributed by atoms with Crippen LogP contribution in [0.3, 0.4) is 0 Å². The first-order valence-corrected chi connectivity index (χ1v) is 5.34. The average Bonchev–Trinajstić information content (AvgIpc) is 2.86. The normalized spacial score (nSPS) is 20.4. The summed E-state index contributed by atoms with van der Waals surface area (Å²) in [5.41, 5.74) is 1.06. The minimum Gasteiger partial charge on any atom is -0.344 e. The third-order valence-electron chi connectivity index (χ3n) is 2.82. The highest BCUT2D eigenvalue weighted by Gasteiger charge is 2.28. The number of likely N-dealkylation sites (N-methyl/N-ethyl adjacent to an activating group) is 1. The monoisotopic (exact) mass is 220 g/mol. The standard InChI is InChI=1S/C11H16N4O/c1-3-15-8-9(7-13-15)6-12-10-4-5-14(2)11(10)16/h3,7-8,10,12H,1,4-6H2,2H3. The van der Waals surface area contributed by atoms with Crippen LogP contribution in [0.4, 0.5) is 0 Å². The molecule has 1 atom stereocenters. The molecule has 0 radical (unpaired) electrons. The Morgan fingerprint density at radius 1 is 1.75 bits per heavy atom. The van der Waals surface area contributed by atoms with E-state index in [9.17, 15) is 4.79 Å². The third-order valence-corrected chi connectivity index (χ3v) is 2.82. The predicted octanol–water partition coefficient (Wildman–Crippen LogP) is 0.304. The van der Waals surface area contributed by atoms with Gasteiger partial charge in [-0.3, -0.25) is 4.79 Å². The molecule has 1 aromatic heterocycles. The molecule has 5 heteroatoms. The molecule has 0 aromatic carbocycles. The smallest absolute Gasteiger partial charge is 0.239 e. The van der Waals surface area contributed by atoms with E-state index in [0.717, 1.165) is 18.5 Å². The Labute approximate surface area is 94.7 Å². The first-order valence-electron chi connectivity index (χ1n) is 5.34. The van der Waals surface area contributed by atoms with Crippen LogP contribution in [-0.4, -0.2) is 40.2 Å². The van der Waals surface area contributed by atoms with Crippen LogP contribution in [0.2, 0.25) is 0 Å². The summed E-state index contributed by atoms with van der Waals surface area (Å²) in [6.45, 7) is 5.12. The van der Waals surface area contributed by atoms with E-state index in [1.165, 1.54) is 0 Å². The lowest BCUT2D eigenvalue weighted by molar-refractivity contribution is -0.128. The lowest BCUT2D eigenvalue weighted by atomic mass is 10.2. The minimum atomic E-state index is -0.0444. The van der Waals surface area contributed by atoms with E-state index in [-0.39, 0.29) is 11.9 Å². The van der Waals surface area contributed by atoms with Gasteiger partial charge in [-0.2, -0.15) is 5.10 Å². The largest absolute Gasteiger partial charge is 0.344 e. The second-order valence-corrected chi connectivity index (χ2v) is 3.99. The number of nitrogens with zero attached hydrogens (tertiary/aromatic N) is 3. The van der Waals surface area contributed by atoms with Gasteiger partial charge in [0, 0.05) is 38.1 Å². The predicted molar refractivity (Wildman–Crippen MR) is 61.5 cm³/mol. The van der Waals surface area contributed by atoms with E-state index in [4.69, 9.17) is 0 Å². The number of amides is 1. The molecular formula is C11H16N4O. The number of hydrogen-bond donors (Lipinski definition) is 1. The molecule has 1 amide bonds. The van der Waals surface area contributed by atoms with Gasteiger partial charge in [-0.1, -0.05) is 6.58 Å². The quantitative estimate of drug-likeness (QED) is 0.794. The van der Waals surface area contributed by atoms with Gasteiger partial charge in [0.25, 0.3) is 0 Å². The molecule has 5 nitrogen and oxygen atoms in total. The molecule has 2 heterocycles. The van der Waals surface area contributed by atoms with Gasteiger partial charge in [0.2, 0.25) is 5.91 Å². The van der Waals surface area contributed by atoms with Gasteiger partial charge in [0.1, 0.15) is 0 Å². The highest BCUT2D eigenvalue weighted by Crippen LogP contribution is 2.09. The van der Waals surface area contributed by atoms with Gasteiger partial charge < -0.3 is 10.2 Å². The van der Waals surface area contributed by atoms with Gasteiger partial charge in [0.15, 0.2) is 0 Å². The molecule has 1 fully saturated rings. The molecule has 0 saturated carbocycles. The van der Waals surface area contributed by atoms with Crippen LogP contribution in [0.15, 0.2) is 19.0 Å². The summed E-state index contributed by atoms with van der Waals surface area (Å²) in [5.74, 6) is 0.177. The molecule has 16 heavy (non-hydrogen) atoms. The highest BCUT2D eigenvalue weighted by molar-refractivity contribution is 5.83. The summed E-state index contributed by atoms with van der Waals surface area (Å²) in [5, 5.41) is 7.31. The van der Waals surface area contributed by atoms with Crippen molar-refractivity contribution in [1.29, 1.82) is 0 Å². The van der Waals surface area contributed by atoms with E-state index in [1.54, 1.807) is 22.0 Å². The van der Waals surface area contributed by atoms with Crippen molar-refractivity contribution in [2.75, 3.05) is 13.6 Å². The molecular weight excluding hydrogens is 204 g/mol. The molecule has 0 bridgehead atoms. The summed E-state index contributed by atoms with van der Waals surface area (Å²) < 4.78 is 1.65. The average molecular weight is 220 g/mol. The fraction of sp³-hybridized carbons (Fsp3) is 0.455. The first kappa shape index (κ1) is 10.9. The Bertz CT molecular complexity index is 398. The van der Waals surface area contributed by atoms with E-state index in [0.29, 0.717) is 6.54 Å². The molecule has 0 aliphatic carbocycles. The Morgan fingerprint density at radius 3 is 3.12 bits per heavy atom. The summed E-state index contributed by atoms with van der Waals surface area (Å²) in [4.78, 5) is 13.4. The number of rotatable bonds is 4. The van der Waals surface area contributed by atoms with Crippen LogP contribution < -0.4 is 5.32 Å². The van der Waals surface area contributed by atoms with Crippen molar-refractivity contribution in [3.63, 3.8) is 0 Å². The molecule has 1 saturated heterocycles. The van der Waals surface area contributed by atoms with Gasteiger partial charge >= 0.3 is 0 Å². The minimum absolute atomic E-state index is 0.0444. The van der Waals surface area contributed by atoms with Crippen molar-refractivity contribution in [3.05, 3.63) is 24.5 Å². The summed E-state index contributed by atoms with van der Waals surface area (Å²) in [6, 6.07) is -0.0444. The van der Waals surface area contributed by atoms with E-state index in [1.807, 2.05) is 13.2 Å². The lowest BCUT2D eigenvalue weighted by Crippen LogP contribution is -2.36. The Morgan fingerprint density at radius 2 is 2.56 bits per heavy atom. The molecule has 2 rings (SSSR count). The van der Waals surface area contributed by atoms with Crippen LogP contribution in [0, 0.1) is 0 Å². The molecule has 1 aliphatic rings. The van der Waals surface area contributed by atoms with E-state index < -0.39 is 0 Å². The second-order valence-electron chi connectivity index (χ2n) is 3.99. The lowest BCUT2D eigenvalue weighted by Gasteiger charge is -2.11. The topological polar surface area (TPSA) is 50.2 Å². The fourth-order valence-electron chi connectivity index (χ4n) is 1.82. The summed E-state index contributed by atoms with van der Waals surface area (Å²) in [6.07, 6.45) is 6.18. The van der Waals surface area contributed by atoms with Crippen LogP contribution in [0.5, 0.6) is 0 Å². The molecule has 86 valence electrons. The maximum atomic E-state index is 11.6. The molecule has 1 aromatic rings. The fourth-order valence-corrected chi connectivity index (χ4v) is 1.82. The molecule has 1 N–H and O–H groups in total. The van der Waals surface area contributed by atoms with Crippen molar-refractivity contribution >= 4 is 12.1 Å². The zero-order valence-electron chi connectivity index (χ0n) is 9.39. The van der Waals surface area contributed by atoms with Gasteiger partial charge in [0.05, 0.1) is 12.2 Å². The van der Waals surface area contributed by atoms with Crippen molar-refractivity contribution < 1.29 is 4.79 Å². The molecule has 1 aliphatic heterocycles. The Kier molecular flexibility index (Phi) is 3.05. The number of hydrogen-bond acceptors (Lipinski definition) is 3. The Hall–Kier alpha value is -1.62. The Balaban J connectivity index is 1.88.